The summed E-state index contributed by atoms with van der Waals surface area (Å²) in [5.74, 6) is 0. The lowest BCUT2D eigenvalue weighted by Gasteiger charge is -2.24. The van der Waals surface area contributed by atoms with Gasteiger partial charge in [-0.1, -0.05) is 20.8 Å². The quantitative estimate of drug-likeness (QED) is 0.872. The van der Waals surface area contributed by atoms with Crippen LogP contribution in [0.5, 0.6) is 0 Å². The number of nitrogens with one attached hydrogen (secondary N) is 1. The van der Waals surface area contributed by atoms with E-state index in [2.05, 4.69) is 36.1 Å². The number of aryl methyl sites for hydroxylation is 1. The molecular formula is C17H34N4O. The predicted octanol–water partition coefficient (Wildman–Crippen LogP) is 2.73. The Kier molecular flexibility index (Phi) is 10.8. The second kappa shape index (κ2) is 11.4. The number of carbonyl (C=O) groups excluding carboxylic acids is 1. The van der Waals surface area contributed by atoms with Gasteiger partial charge >= 0.3 is 0 Å². The molecule has 1 aliphatic rings. The van der Waals surface area contributed by atoms with Crippen molar-refractivity contribution >= 4 is 6.29 Å². The van der Waals surface area contributed by atoms with Gasteiger partial charge < -0.3 is 5.32 Å². The minimum atomic E-state index is 0.542. The minimum absolute atomic E-state index is 0.542. The van der Waals surface area contributed by atoms with Crippen LogP contribution in [0, 0.1) is 0 Å². The zero-order chi connectivity index (χ0) is 17.1. The molecule has 1 aromatic rings. The Morgan fingerprint density at radius 3 is 2.32 bits per heavy atom. The molecule has 0 saturated heterocycles. The fourth-order valence-corrected chi connectivity index (χ4v) is 2.53. The Labute approximate surface area is 136 Å². The van der Waals surface area contributed by atoms with E-state index in [1.807, 2.05) is 32.6 Å². The first-order valence-electron chi connectivity index (χ1n) is 8.45. The van der Waals surface area contributed by atoms with Gasteiger partial charge in [0.25, 0.3) is 0 Å². The maximum Gasteiger partial charge on any atom is 0.170 e. The van der Waals surface area contributed by atoms with Crippen molar-refractivity contribution in [3.05, 3.63) is 17.0 Å². The molecule has 2 rings (SSSR count). The van der Waals surface area contributed by atoms with E-state index in [-0.39, 0.29) is 0 Å². The summed E-state index contributed by atoms with van der Waals surface area (Å²) in [4.78, 5) is 13.5. The van der Waals surface area contributed by atoms with Gasteiger partial charge in [-0.05, 0) is 40.8 Å². The first kappa shape index (κ1) is 20.8. The Morgan fingerprint density at radius 1 is 1.27 bits per heavy atom. The summed E-state index contributed by atoms with van der Waals surface area (Å²) in [5.41, 5.74) is 3.00. The van der Waals surface area contributed by atoms with Crippen LogP contribution in [0.25, 0.3) is 0 Å². The second-order valence-electron chi connectivity index (χ2n) is 5.42. The van der Waals surface area contributed by atoms with Gasteiger partial charge in [0.1, 0.15) is 5.69 Å². The number of hydrogen-bond acceptors (Lipinski definition) is 4. The summed E-state index contributed by atoms with van der Waals surface area (Å²) in [5, 5.41) is 7.17. The largest absolute Gasteiger partial charge is 0.323 e. The summed E-state index contributed by atoms with van der Waals surface area (Å²) >= 11 is 0. The molecule has 1 aromatic heterocycles. The molecule has 0 amide bonds. The molecule has 1 N–H and O–H groups in total. The number of aromatic nitrogens is 2. The fourth-order valence-electron chi connectivity index (χ4n) is 2.53. The van der Waals surface area contributed by atoms with Crippen molar-refractivity contribution in [3.8, 4) is 0 Å². The number of nitrogens with zero attached hydrogens (tertiary/aromatic N) is 3. The van der Waals surface area contributed by atoms with E-state index in [4.69, 9.17) is 0 Å². The van der Waals surface area contributed by atoms with Crippen LogP contribution in [-0.4, -0.2) is 47.6 Å². The third-order valence-electron chi connectivity index (χ3n) is 3.56. The number of rotatable bonds is 3. The Balaban J connectivity index is 0.000000789. The van der Waals surface area contributed by atoms with Gasteiger partial charge in [-0.2, -0.15) is 5.10 Å². The molecule has 0 spiro atoms. The van der Waals surface area contributed by atoms with Crippen molar-refractivity contribution in [3.63, 3.8) is 0 Å². The smallest absolute Gasteiger partial charge is 0.170 e. The Morgan fingerprint density at radius 2 is 1.86 bits per heavy atom. The van der Waals surface area contributed by atoms with Crippen LogP contribution in [0.15, 0.2) is 0 Å². The van der Waals surface area contributed by atoms with Crippen molar-refractivity contribution < 1.29 is 4.79 Å². The van der Waals surface area contributed by atoms with Crippen LogP contribution in [0.4, 0.5) is 0 Å². The predicted molar refractivity (Wildman–Crippen MR) is 93.5 cm³/mol. The highest BCUT2D eigenvalue weighted by molar-refractivity contribution is 5.74. The highest BCUT2D eigenvalue weighted by Crippen LogP contribution is 2.21. The Hall–Kier alpha value is -1.20. The number of fused-ring (bicyclic) bond motifs is 1. The van der Waals surface area contributed by atoms with Crippen LogP contribution in [0.3, 0.4) is 0 Å². The van der Waals surface area contributed by atoms with E-state index >= 15 is 0 Å². The third-order valence-corrected chi connectivity index (χ3v) is 3.56. The van der Waals surface area contributed by atoms with Gasteiger partial charge in [0.05, 0.1) is 5.69 Å². The van der Waals surface area contributed by atoms with Crippen LogP contribution in [0.2, 0.25) is 0 Å². The van der Waals surface area contributed by atoms with Gasteiger partial charge in [-0.25, -0.2) is 0 Å². The molecule has 5 nitrogen and oxygen atoms in total. The highest BCUT2D eigenvalue weighted by Gasteiger charge is 2.22. The summed E-state index contributed by atoms with van der Waals surface area (Å²) in [7, 11) is 3.75. The molecule has 0 atom stereocenters. The van der Waals surface area contributed by atoms with Gasteiger partial charge in [0.15, 0.2) is 6.29 Å². The lowest BCUT2D eigenvalue weighted by Crippen LogP contribution is -2.30. The molecule has 128 valence electrons. The molecule has 0 saturated carbocycles. The van der Waals surface area contributed by atoms with Crippen LogP contribution in [0.1, 0.15) is 62.8 Å². The van der Waals surface area contributed by atoms with Crippen molar-refractivity contribution in [2.24, 2.45) is 0 Å². The molecule has 0 radical (unpaired) electrons. The van der Waals surface area contributed by atoms with Gasteiger partial charge in [0.2, 0.25) is 0 Å². The van der Waals surface area contributed by atoms with Gasteiger partial charge in [0, 0.05) is 31.2 Å². The van der Waals surface area contributed by atoms with E-state index in [1.54, 1.807) is 0 Å². The molecule has 22 heavy (non-hydrogen) atoms. The lowest BCUT2D eigenvalue weighted by molar-refractivity contribution is 0.111. The van der Waals surface area contributed by atoms with Gasteiger partial charge in [-0.3, -0.25) is 14.4 Å². The molecule has 0 fully saturated rings. The molecule has 2 heterocycles. The molecule has 0 unspecified atom stereocenters. The lowest BCUT2D eigenvalue weighted by atomic mass is 10.1. The van der Waals surface area contributed by atoms with E-state index in [0.29, 0.717) is 11.7 Å². The summed E-state index contributed by atoms with van der Waals surface area (Å²) in [6.45, 7) is 13.5. The van der Waals surface area contributed by atoms with Crippen molar-refractivity contribution in [1.29, 1.82) is 0 Å². The minimum Gasteiger partial charge on any atom is -0.323 e. The standard InChI is InChI=1S/C13H21N3O.C2H7N.C2H6/c1-4-11-12(9-17)14-16-7-5-6-15(10(2)3)8-13(11)16;1-3-2;1-2/h9-10H,4-8H2,1-3H3;3H,1-2H3;1-2H3. The summed E-state index contributed by atoms with van der Waals surface area (Å²) < 4.78 is 2.03. The topological polar surface area (TPSA) is 50.2 Å². The normalized spacial score (nSPS) is 14.2. The molecule has 5 heteroatoms. The molecule has 0 bridgehead atoms. The van der Waals surface area contributed by atoms with Crippen molar-refractivity contribution in [2.45, 2.75) is 66.6 Å². The number of hydrogen-bond donors (Lipinski definition) is 1. The monoisotopic (exact) mass is 310 g/mol. The molecule has 0 aromatic carbocycles. The fraction of sp³-hybridized carbons (Fsp3) is 0.765. The van der Waals surface area contributed by atoms with Crippen molar-refractivity contribution in [1.82, 2.24) is 20.0 Å². The average Bonchev–Trinajstić information content (AvgIpc) is 2.71. The number of aldehydes is 1. The van der Waals surface area contributed by atoms with E-state index in [0.717, 1.165) is 44.3 Å². The maximum atomic E-state index is 11.0. The van der Waals surface area contributed by atoms with E-state index < -0.39 is 0 Å². The zero-order valence-corrected chi connectivity index (χ0v) is 15.4. The average molecular weight is 310 g/mol. The third kappa shape index (κ3) is 5.54. The first-order chi connectivity index (χ1) is 10.6. The second-order valence-corrected chi connectivity index (χ2v) is 5.42. The first-order valence-corrected chi connectivity index (χ1v) is 8.45. The van der Waals surface area contributed by atoms with Crippen LogP contribution in [-0.2, 0) is 19.5 Å². The highest BCUT2D eigenvalue weighted by atomic mass is 16.1. The van der Waals surface area contributed by atoms with E-state index in [1.165, 1.54) is 5.69 Å². The van der Waals surface area contributed by atoms with Crippen molar-refractivity contribution in [2.75, 3.05) is 20.6 Å². The Bertz CT molecular complexity index is 427. The SMILES string of the molecule is CC.CCc1c(C=O)nn2c1CN(C(C)C)CCC2.CNC. The zero-order valence-electron chi connectivity index (χ0n) is 15.4. The molecule has 1 aliphatic heterocycles. The summed E-state index contributed by atoms with van der Waals surface area (Å²) in [6, 6.07) is 0.542. The van der Waals surface area contributed by atoms with E-state index in [9.17, 15) is 4.79 Å². The molecule has 0 aliphatic carbocycles. The van der Waals surface area contributed by atoms with Crippen LogP contribution >= 0.6 is 0 Å². The van der Waals surface area contributed by atoms with Crippen LogP contribution < -0.4 is 5.32 Å². The molecular weight excluding hydrogens is 276 g/mol. The maximum absolute atomic E-state index is 11.0. The number of carbonyl (C=O) groups is 1. The van der Waals surface area contributed by atoms with Gasteiger partial charge in [-0.15, -0.1) is 0 Å². The summed E-state index contributed by atoms with van der Waals surface area (Å²) in [6.07, 6.45) is 2.88.